The minimum absolute atomic E-state index is 0.555. The maximum Gasteiger partial charge on any atom is 0.432 e. The van der Waals surface area contributed by atoms with Crippen LogP contribution >= 0.6 is 0 Å². The number of rotatable bonds is 0. The van der Waals surface area contributed by atoms with Crippen molar-refractivity contribution in [3.05, 3.63) is 36.2 Å². The maximum atomic E-state index is 12.7. The van der Waals surface area contributed by atoms with Gasteiger partial charge in [-0.05, 0) is 12.1 Å². The predicted octanol–water partition coefficient (Wildman–Crippen LogP) is 2.98. The van der Waals surface area contributed by atoms with Crippen molar-refractivity contribution in [2.45, 2.75) is 6.18 Å². The summed E-state index contributed by atoms with van der Waals surface area (Å²) in [7, 11) is 3.03. The molecule has 0 radical (unpaired) electrons. The molecule has 0 saturated carbocycles. The fraction of sp³-hybridized carbons (Fsp3) is 0.273. The fourth-order valence-electron chi connectivity index (χ4n) is 1.78. The third-order valence-electron chi connectivity index (χ3n) is 2.59. The molecule has 0 saturated heterocycles. The van der Waals surface area contributed by atoms with E-state index in [1.807, 2.05) is 0 Å². The minimum Gasteiger partial charge on any atom is -0.347 e. The second-order valence-corrected chi connectivity index (χ2v) is 3.67. The lowest BCUT2D eigenvalue weighted by molar-refractivity contribution is -0.0933. The second-order valence-electron chi connectivity index (χ2n) is 3.67. The van der Waals surface area contributed by atoms with Crippen LogP contribution in [0.25, 0.3) is 0 Å². The Morgan fingerprint density at radius 3 is 2.12 bits per heavy atom. The highest BCUT2D eigenvalue weighted by atomic mass is 19.4. The number of anilines is 2. The van der Waals surface area contributed by atoms with Gasteiger partial charge in [0.25, 0.3) is 0 Å². The zero-order chi connectivity index (χ0) is 11.9. The summed E-state index contributed by atoms with van der Waals surface area (Å²) in [5.74, 6) is 0. The molecular formula is C11H11F3N2. The van der Waals surface area contributed by atoms with E-state index < -0.39 is 11.9 Å². The number of halogens is 3. The summed E-state index contributed by atoms with van der Waals surface area (Å²) in [6.45, 7) is 0. The molecule has 0 unspecified atom stereocenters. The molecule has 0 bridgehead atoms. The van der Waals surface area contributed by atoms with Crippen LogP contribution in [-0.4, -0.2) is 20.3 Å². The number of hydrogen-bond donors (Lipinski definition) is 0. The molecule has 0 fully saturated rings. The molecule has 2 nitrogen and oxygen atoms in total. The number of fused-ring (bicyclic) bond motifs is 1. The van der Waals surface area contributed by atoms with Crippen LogP contribution in [0.5, 0.6) is 0 Å². The van der Waals surface area contributed by atoms with Crippen LogP contribution in [-0.2, 0) is 0 Å². The van der Waals surface area contributed by atoms with Crippen LogP contribution in [0.15, 0.2) is 36.2 Å². The zero-order valence-corrected chi connectivity index (χ0v) is 8.92. The zero-order valence-electron chi connectivity index (χ0n) is 8.92. The quantitative estimate of drug-likeness (QED) is 0.673. The van der Waals surface area contributed by atoms with Gasteiger partial charge in [0.15, 0.2) is 0 Å². The van der Waals surface area contributed by atoms with Crippen LogP contribution in [0.2, 0.25) is 0 Å². The second kappa shape index (κ2) is 3.43. The van der Waals surface area contributed by atoms with Gasteiger partial charge in [0, 0.05) is 20.3 Å². The van der Waals surface area contributed by atoms with E-state index in [0.717, 1.165) is 16.8 Å². The van der Waals surface area contributed by atoms with Crippen LogP contribution in [0.4, 0.5) is 24.5 Å². The lowest BCUT2D eigenvalue weighted by Crippen LogP contribution is -2.34. The number of nitrogens with zero attached hydrogens (tertiary/aromatic N) is 2. The van der Waals surface area contributed by atoms with Gasteiger partial charge < -0.3 is 9.80 Å². The Morgan fingerprint density at radius 2 is 1.56 bits per heavy atom. The van der Waals surface area contributed by atoms with Crippen molar-refractivity contribution in [2.75, 3.05) is 23.9 Å². The number of alkyl halides is 3. The van der Waals surface area contributed by atoms with E-state index in [0.29, 0.717) is 5.69 Å². The summed E-state index contributed by atoms with van der Waals surface area (Å²) >= 11 is 0. The van der Waals surface area contributed by atoms with Crippen molar-refractivity contribution in [1.82, 2.24) is 0 Å². The van der Waals surface area contributed by atoms with Gasteiger partial charge in [0.2, 0.25) is 0 Å². The van der Waals surface area contributed by atoms with Gasteiger partial charge in [-0.2, -0.15) is 13.2 Å². The Kier molecular flexibility index (Phi) is 2.33. The molecule has 0 aromatic heterocycles. The number of benzene rings is 1. The third-order valence-corrected chi connectivity index (χ3v) is 2.59. The van der Waals surface area contributed by atoms with Crippen molar-refractivity contribution < 1.29 is 13.2 Å². The van der Waals surface area contributed by atoms with E-state index in [1.54, 1.807) is 31.3 Å². The largest absolute Gasteiger partial charge is 0.432 e. The standard InChI is InChI=1S/C11H11F3N2/c1-15-7-10(11(12,13)14)16(2)9-6-4-3-5-8(9)15/h3-7H,1-2H3. The summed E-state index contributed by atoms with van der Waals surface area (Å²) in [6.07, 6.45) is -3.24. The van der Waals surface area contributed by atoms with Gasteiger partial charge in [-0.3, -0.25) is 0 Å². The summed E-state index contributed by atoms with van der Waals surface area (Å²) in [5, 5.41) is 0. The molecule has 0 spiro atoms. The number of hydrogen-bond acceptors (Lipinski definition) is 2. The minimum atomic E-state index is -4.34. The molecule has 0 aliphatic carbocycles. The monoisotopic (exact) mass is 228 g/mol. The highest BCUT2D eigenvalue weighted by molar-refractivity contribution is 5.77. The van der Waals surface area contributed by atoms with Crippen molar-refractivity contribution in [3.63, 3.8) is 0 Å². The Morgan fingerprint density at radius 1 is 1.00 bits per heavy atom. The fourth-order valence-corrected chi connectivity index (χ4v) is 1.78. The molecule has 0 amide bonds. The average Bonchev–Trinajstić information content (AvgIpc) is 2.22. The summed E-state index contributed by atoms with van der Waals surface area (Å²) in [6, 6.07) is 6.98. The molecule has 1 aliphatic heterocycles. The highest BCUT2D eigenvalue weighted by Gasteiger charge is 2.39. The maximum absolute atomic E-state index is 12.7. The normalized spacial score (nSPS) is 15.9. The van der Waals surface area contributed by atoms with E-state index in [1.165, 1.54) is 11.9 Å². The molecule has 16 heavy (non-hydrogen) atoms. The number of para-hydroxylation sites is 2. The lowest BCUT2D eigenvalue weighted by atomic mass is 10.2. The highest BCUT2D eigenvalue weighted by Crippen LogP contribution is 2.39. The van der Waals surface area contributed by atoms with Crippen molar-refractivity contribution in [1.29, 1.82) is 0 Å². The topological polar surface area (TPSA) is 6.48 Å². The smallest absolute Gasteiger partial charge is 0.347 e. The van der Waals surface area contributed by atoms with Crippen LogP contribution in [0.3, 0.4) is 0 Å². The number of allylic oxidation sites excluding steroid dienone is 1. The van der Waals surface area contributed by atoms with Crippen LogP contribution in [0, 0.1) is 0 Å². The molecule has 5 heteroatoms. The van der Waals surface area contributed by atoms with Gasteiger partial charge in [-0.1, -0.05) is 12.1 Å². The average molecular weight is 228 g/mol. The van der Waals surface area contributed by atoms with E-state index in [9.17, 15) is 13.2 Å². The Balaban J connectivity index is 2.51. The Hall–Kier alpha value is -1.65. The third kappa shape index (κ3) is 1.62. The first-order chi connectivity index (χ1) is 7.41. The van der Waals surface area contributed by atoms with Gasteiger partial charge in [-0.15, -0.1) is 0 Å². The van der Waals surface area contributed by atoms with E-state index in [4.69, 9.17) is 0 Å². The van der Waals surface area contributed by atoms with E-state index in [-0.39, 0.29) is 0 Å². The molecular weight excluding hydrogens is 217 g/mol. The van der Waals surface area contributed by atoms with Crippen molar-refractivity contribution in [2.24, 2.45) is 0 Å². The molecule has 2 rings (SSSR count). The first kappa shape index (κ1) is 10.9. The molecule has 0 atom stereocenters. The van der Waals surface area contributed by atoms with Crippen LogP contribution in [0.1, 0.15) is 0 Å². The molecule has 1 aromatic rings. The summed E-state index contributed by atoms with van der Waals surface area (Å²) in [5.41, 5.74) is 0.659. The Bertz CT molecular complexity index is 437. The molecule has 1 aromatic carbocycles. The van der Waals surface area contributed by atoms with E-state index >= 15 is 0 Å². The summed E-state index contributed by atoms with van der Waals surface area (Å²) in [4.78, 5) is 2.65. The summed E-state index contributed by atoms with van der Waals surface area (Å²) < 4.78 is 38.2. The SMILES string of the molecule is CN1C=C(C(F)(F)F)N(C)c2ccccc21. The molecule has 1 aliphatic rings. The van der Waals surface area contributed by atoms with Gasteiger partial charge >= 0.3 is 6.18 Å². The van der Waals surface area contributed by atoms with Crippen molar-refractivity contribution >= 4 is 11.4 Å². The lowest BCUT2D eigenvalue weighted by Gasteiger charge is -2.34. The Labute approximate surface area is 91.6 Å². The first-order valence-corrected chi connectivity index (χ1v) is 4.76. The van der Waals surface area contributed by atoms with Gasteiger partial charge in [0.1, 0.15) is 5.70 Å². The van der Waals surface area contributed by atoms with Crippen LogP contribution < -0.4 is 9.80 Å². The van der Waals surface area contributed by atoms with Gasteiger partial charge in [-0.25, -0.2) is 0 Å². The van der Waals surface area contributed by atoms with E-state index in [2.05, 4.69) is 0 Å². The molecule has 0 N–H and O–H groups in total. The first-order valence-electron chi connectivity index (χ1n) is 4.76. The van der Waals surface area contributed by atoms with Crippen molar-refractivity contribution in [3.8, 4) is 0 Å². The predicted molar refractivity (Wildman–Crippen MR) is 57.4 cm³/mol. The molecule has 1 heterocycles. The molecule has 86 valence electrons. The van der Waals surface area contributed by atoms with Gasteiger partial charge in [0.05, 0.1) is 11.4 Å².